The third-order valence-corrected chi connectivity index (χ3v) is 7.41. The van der Waals surface area contributed by atoms with Gasteiger partial charge in [0.2, 0.25) is 13.6 Å². The summed E-state index contributed by atoms with van der Waals surface area (Å²) in [6.07, 6.45) is 0.152. The normalized spacial score (nSPS) is 10.4. The van der Waals surface area contributed by atoms with Crippen LogP contribution in [0.5, 0.6) is 23.0 Å². The number of esters is 4. The molecule has 0 saturated heterocycles. The van der Waals surface area contributed by atoms with Crippen molar-refractivity contribution in [2.24, 2.45) is 0 Å². The molecule has 0 aliphatic carbocycles. The molecule has 5 aromatic carbocycles. The summed E-state index contributed by atoms with van der Waals surface area (Å²) in [5.41, 5.74) is 1.14. The fourth-order valence-electron chi connectivity index (χ4n) is 4.79. The van der Waals surface area contributed by atoms with Gasteiger partial charge < -0.3 is 37.9 Å². The Bertz CT molecular complexity index is 2290. The predicted molar refractivity (Wildman–Crippen MR) is 190 cm³/mol. The van der Waals surface area contributed by atoms with Crippen molar-refractivity contribution in [2.45, 2.75) is 13.3 Å². The first-order chi connectivity index (χ1) is 26.0. The first-order valence-corrected chi connectivity index (χ1v) is 16.0. The summed E-state index contributed by atoms with van der Waals surface area (Å²) < 4.78 is 40.0. The van der Waals surface area contributed by atoms with E-state index in [9.17, 15) is 28.8 Å². The maximum Gasteiger partial charge on any atom is 0.516 e. The van der Waals surface area contributed by atoms with E-state index in [1.54, 1.807) is 66.7 Å². The molecule has 0 aromatic heterocycles. The van der Waals surface area contributed by atoms with Crippen molar-refractivity contribution < 1.29 is 66.7 Å². The minimum Gasteiger partial charge on any atom is -0.425 e. The Morgan fingerprint density at radius 1 is 0.500 bits per heavy atom. The molecule has 54 heavy (non-hydrogen) atoms. The van der Waals surface area contributed by atoms with E-state index < -0.39 is 49.8 Å². The van der Waals surface area contributed by atoms with Gasteiger partial charge in [-0.3, -0.25) is 0 Å². The van der Waals surface area contributed by atoms with Gasteiger partial charge >= 0.3 is 36.2 Å². The molecule has 5 rings (SSSR count). The first-order valence-electron chi connectivity index (χ1n) is 16.0. The molecule has 0 radical (unpaired) electrons. The Morgan fingerprint density at radius 3 is 1.41 bits per heavy atom. The van der Waals surface area contributed by atoms with Gasteiger partial charge in [-0.05, 0) is 100 Å². The second-order valence-electron chi connectivity index (χ2n) is 10.9. The van der Waals surface area contributed by atoms with Crippen molar-refractivity contribution in [1.29, 1.82) is 0 Å². The second-order valence-corrected chi connectivity index (χ2v) is 10.9. The van der Waals surface area contributed by atoms with Gasteiger partial charge in [-0.1, -0.05) is 44.3 Å². The number of hydrogen-bond acceptors (Lipinski definition) is 14. The lowest BCUT2D eigenvalue weighted by Gasteiger charge is -2.12. The van der Waals surface area contributed by atoms with Crippen molar-refractivity contribution in [3.05, 3.63) is 133 Å². The highest BCUT2D eigenvalue weighted by molar-refractivity contribution is 5.98. The zero-order chi connectivity index (χ0) is 38.6. The smallest absolute Gasteiger partial charge is 0.425 e. The maximum atomic E-state index is 13.1. The molecular formula is C40H30O14. The van der Waals surface area contributed by atoms with E-state index in [4.69, 9.17) is 18.9 Å². The summed E-state index contributed by atoms with van der Waals surface area (Å²) in [5.74, 6) is -1.90. The molecule has 0 unspecified atom stereocenters. The molecule has 14 nitrogen and oxygen atoms in total. The number of carbonyl (C=O) groups is 6. The van der Waals surface area contributed by atoms with E-state index in [2.05, 4.69) is 32.1 Å². The van der Waals surface area contributed by atoms with Crippen LogP contribution in [-0.4, -0.2) is 49.8 Å². The lowest BCUT2D eigenvalue weighted by atomic mass is 10.1. The molecule has 274 valence electrons. The summed E-state index contributed by atoms with van der Waals surface area (Å²) in [4.78, 5) is 72.0. The number of aryl methyl sites for hydroxylation is 1. The van der Waals surface area contributed by atoms with Gasteiger partial charge in [0.1, 0.15) is 23.0 Å². The molecule has 0 bridgehead atoms. The molecule has 14 heteroatoms. The predicted octanol–water partition coefficient (Wildman–Crippen LogP) is 7.40. The molecule has 0 spiro atoms. The maximum absolute atomic E-state index is 13.1. The Balaban J connectivity index is 1.18. The van der Waals surface area contributed by atoms with E-state index in [-0.39, 0.29) is 34.1 Å². The summed E-state index contributed by atoms with van der Waals surface area (Å²) in [5, 5.41) is 2.64. The van der Waals surface area contributed by atoms with Crippen molar-refractivity contribution >= 4 is 57.7 Å². The van der Waals surface area contributed by atoms with E-state index in [0.717, 1.165) is 12.2 Å². The molecule has 0 atom stereocenters. The molecule has 0 saturated carbocycles. The van der Waals surface area contributed by atoms with E-state index in [1.807, 2.05) is 6.92 Å². The Morgan fingerprint density at radius 2 is 0.926 bits per heavy atom. The molecule has 5 aromatic rings. The number of fused-ring (bicyclic) bond motifs is 2. The van der Waals surface area contributed by atoms with Crippen LogP contribution in [0.2, 0.25) is 0 Å². The van der Waals surface area contributed by atoms with Gasteiger partial charge in [0, 0.05) is 12.2 Å². The largest absolute Gasteiger partial charge is 0.516 e. The highest BCUT2D eigenvalue weighted by Gasteiger charge is 2.16. The van der Waals surface area contributed by atoms with Crippen LogP contribution in [0.4, 0.5) is 9.59 Å². The third kappa shape index (κ3) is 10.1. The van der Waals surface area contributed by atoms with Crippen LogP contribution in [0.15, 0.2) is 116 Å². The van der Waals surface area contributed by atoms with Gasteiger partial charge in [0.25, 0.3) is 0 Å². The molecule has 0 amide bonds. The fraction of sp³-hybridized carbons (Fsp3) is 0.100. The molecule has 0 aliphatic heterocycles. The SMILES string of the molecule is C=CC(=O)OCOC(=O)Oc1ccc2cc(C(=O)Oc3ccc(OC(=O)c4ccc5cc(OC(=O)OCOC(=O)C=C)ccc5c4)c(CC)c3)ccc2c1. The van der Waals surface area contributed by atoms with Gasteiger partial charge in [0.15, 0.2) is 0 Å². The standard InChI is InChI=1S/C40H30O14/c1-4-24-19-31(51-37(43)29-9-7-27-20-32(13-11-25(27)17-29)52-39(45)49-22-47-35(41)5-2)15-16-34(24)54-38(44)30-10-8-28-21-33(14-12-26(28)18-30)53-40(46)50-23-48-36(42)6-3/h5-21H,2-4,22-23H2,1H3. The third-order valence-electron chi connectivity index (χ3n) is 7.41. The topological polar surface area (TPSA) is 176 Å². The second kappa shape index (κ2) is 17.6. The Labute approximate surface area is 307 Å². The van der Waals surface area contributed by atoms with E-state index in [1.165, 1.54) is 24.3 Å². The highest BCUT2D eigenvalue weighted by atomic mass is 16.8. The Kier molecular flexibility index (Phi) is 12.3. The fourth-order valence-corrected chi connectivity index (χ4v) is 4.79. The van der Waals surface area contributed by atoms with Gasteiger partial charge in [-0.15, -0.1) is 0 Å². The average Bonchev–Trinajstić information content (AvgIpc) is 3.17. The van der Waals surface area contributed by atoms with Crippen LogP contribution in [0, 0.1) is 0 Å². The number of hydrogen-bond donors (Lipinski definition) is 0. The number of rotatable bonds is 13. The summed E-state index contributed by atoms with van der Waals surface area (Å²) in [6.45, 7) is 7.06. The van der Waals surface area contributed by atoms with Crippen LogP contribution >= 0.6 is 0 Å². The van der Waals surface area contributed by atoms with E-state index in [0.29, 0.717) is 33.5 Å². The van der Waals surface area contributed by atoms with Crippen molar-refractivity contribution in [2.75, 3.05) is 13.6 Å². The van der Waals surface area contributed by atoms with Crippen molar-refractivity contribution in [1.82, 2.24) is 0 Å². The highest BCUT2D eigenvalue weighted by Crippen LogP contribution is 2.29. The summed E-state index contributed by atoms with van der Waals surface area (Å²) in [7, 11) is 0. The average molecular weight is 735 g/mol. The molecular weight excluding hydrogens is 704 g/mol. The van der Waals surface area contributed by atoms with Crippen LogP contribution < -0.4 is 18.9 Å². The Hall–Kier alpha value is -7.48. The summed E-state index contributed by atoms with van der Waals surface area (Å²) >= 11 is 0. The van der Waals surface area contributed by atoms with Crippen LogP contribution in [0.25, 0.3) is 21.5 Å². The zero-order valence-corrected chi connectivity index (χ0v) is 28.6. The zero-order valence-electron chi connectivity index (χ0n) is 28.6. The molecule has 0 aliphatic rings. The number of carbonyl (C=O) groups excluding carboxylic acids is 6. The monoisotopic (exact) mass is 734 g/mol. The van der Waals surface area contributed by atoms with Crippen molar-refractivity contribution in [3.63, 3.8) is 0 Å². The lowest BCUT2D eigenvalue weighted by molar-refractivity contribution is -0.147. The number of benzene rings is 5. The summed E-state index contributed by atoms with van der Waals surface area (Å²) in [6, 6.07) is 23.7. The molecule has 0 heterocycles. The lowest BCUT2D eigenvalue weighted by Crippen LogP contribution is -2.14. The van der Waals surface area contributed by atoms with E-state index >= 15 is 0 Å². The molecule has 0 fully saturated rings. The van der Waals surface area contributed by atoms with Gasteiger partial charge in [0.05, 0.1) is 11.1 Å². The van der Waals surface area contributed by atoms with Gasteiger partial charge in [-0.25, -0.2) is 28.8 Å². The minimum atomic E-state index is -1.08. The quantitative estimate of drug-likeness (QED) is 0.0384. The minimum absolute atomic E-state index is 0.167. The van der Waals surface area contributed by atoms with Crippen molar-refractivity contribution in [3.8, 4) is 23.0 Å². The van der Waals surface area contributed by atoms with Crippen LogP contribution in [0.3, 0.4) is 0 Å². The van der Waals surface area contributed by atoms with Crippen LogP contribution in [0.1, 0.15) is 33.2 Å². The van der Waals surface area contributed by atoms with Gasteiger partial charge in [-0.2, -0.15) is 0 Å². The van der Waals surface area contributed by atoms with Crippen LogP contribution in [-0.2, 0) is 35.0 Å². The first kappa shape index (κ1) is 37.8. The molecule has 0 N–H and O–H groups in total. The number of ether oxygens (including phenoxy) is 8.